The molecule has 0 aromatic heterocycles. The topological polar surface area (TPSA) is 50.8 Å². The zero-order valence-corrected chi connectivity index (χ0v) is 20.3. The van der Waals surface area contributed by atoms with Gasteiger partial charge in [-0.15, -0.1) is 0 Å². The highest BCUT2D eigenvalue weighted by Gasteiger charge is 2.42. The van der Waals surface area contributed by atoms with E-state index in [0.29, 0.717) is 6.61 Å². The van der Waals surface area contributed by atoms with Crippen LogP contribution in [-0.2, 0) is 10.2 Å². The zero-order valence-electron chi connectivity index (χ0n) is 20.3. The van der Waals surface area contributed by atoms with Gasteiger partial charge in [-0.3, -0.25) is 9.69 Å². The van der Waals surface area contributed by atoms with Gasteiger partial charge in [0.15, 0.2) is 0 Å². The van der Waals surface area contributed by atoms with Crippen molar-refractivity contribution in [1.29, 1.82) is 0 Å². The highest BCUT2D eigenvalue weighted by atomic mass is 16.5. The molecule has 2 aliphatic rings. The summed E-state index contributed by atoms with van der Waals surface area (Å²) in [5.41, 5.74) is 1.41. The number of benzene rings is 2. The third kappa shape index (κ3) is 5.70. The molecule has 0 spiro atoms. The van der Waals surface area contributed by atoms with Crippen LogP contribution in [0.15, 0.2) is 48.5 Å². The van der Waals surface area contributed by atoms with Gasteiger partial charge in [0.05, 0.1) is 12.5 Å². The summed E-state index contributed by atoms with van der Waals surface area (Å²) in [4.78, 5) is 15.9. The van der Waals surface area contributed by atoms with Crippen molar-refractivity contribution in [3.05, 3.63) is 54.1 Å². The van der Waals surface area contributed by atoms with Gasteiger partial charge in [0.2, 0.25) is 5.91 Å². The van der Waals surface area contributed by atoms with Crippen LogP contribution in [0.4, 0.5) is 5.69 Å². The number of nitrogens with zero attached hydrogens (tertiary/aromatic N) is 1. The Morgan fingerprint density at radius 2 is 1.58 bits per heavy atom. The van der Waals surface area contributed by atoms with E-state index < -0.39 is 5.41 Å². The molecule has 1 amide bonds. The van der Waals surface area contributed by atoms with E-state index in [-0.39, 0.29) is 5.91 Å². The fourth-order valence-electron chi connectivity index (χ4n) is 5.69. The van der Waals surface area contributed by atoms with Crippen LogP contribution in [0.3, 0.4) is 0 Å². The van der Waals surface area contributed by atoms with Crippen molar-refractivity contribution in [2.75, 3.05) is 38.7 Å². The van der Waals surface area contributed by atoms with Crippen molar-refractivity contribution in [2.45, 2.75) is 51.4 Å². The van der Waals surface area contributed by atoms with E-state index >= 15 is 0 Å². The van der Waals surface area contributed by atoms with Crippen molar-refractivity contribution in [2.24, 2.45) is 11.8 Å². The quantitative estimate of drug-likeness (QED) is 0.577. The number of likely N-dealkylation sites (tertiary alicyclic amines) is 1. The lowest BCUT2D eigenvalue weighted by Gasteiger charge is -2.34. The van der Waals surface area contributed by atoms with Crippen LogP contribution in [-0.4, -0.2) is 44.2 Å². The van der Waals surface area contributed by atoms with Gasteiger partial charge in [0.1, 0.15) is 18.1 Å². The lowest BCUT2D eigenvalue weighted by atomic mass is 9.78. The molecule has 1 heterocycles. The van der Waals surface area contributed by atoms with Gasteiger partial charge >= 0.3 is 0 Å². The molecule has 0 radical (unpaired) electrons. The second kappa shape index (κ2) is 10.6. The largest absolute Gasteiger partial charge is 0.497 e. The minimum Gasteiger partial charge on any atom is -0.497 e. The second-order valence-corrected chi connectivity index (χ2v) is 10.1. The summed E-state index contributed by atoms with van der Waals surface area (Å²) < 4.78 is 11.3. The number of hydrogen-bond acceptors (Lipinski definition) is 4. The number of nitrogens with one attached hydrogen (secondary N) is 1. The smallest absolute Gasteiger partial charge is 0.235 e. The SMILES string of the molecule is COc1ccc(C2(C(=O)Nc3ccc(OCCN4C[C@H](C)C[C@@H](C)C4)cc3)CCCC2)cc1. The lowest BCUT2D eigenvalue weighted by Crippen LogP contribution is -2.40. The molecule has 4 rings (SSSR count). The number of methoxy groups -OCH3 is 1. The summed E-state index contributed by atoms with van der Waals surface area (Å²) in [6.07, 6.45) is 5.21. The third-order valence-electron chi connectivity index (χ3n) is 7.27. The maximum Gasteiger partial charge on any atom is 0.235 e. The molecule has 1 N–H and O–H groups in total. The molecule has 178 valence electrons. The Kier molecular flexibility index (Phi) is 7.59. The average molecular weight is 451 g/mol. The molecule has 33 heavy (non-hydrogen) atoms. The van der Waals surface area contributed by atoms with Gasteiger partial charge < -0.3 is 14.8 Å². The summed E-state index contributed by atoms with van der Waals surface area (Å²) in [5.74, 6) is 3.26. The molecule has 5 nitrogen and oxygen atoms in total. The Hall–Kier alpha value is -2.53. The first kappa shape index (κ1) is 23.6. The summed E-state index contributed by atoms with van der Waals surface area (Å²) >= 11 is 0. The lowest BCUT2D eigenvalue weighted by molar-refractivity contribution is -0.121. The zero-order chi connectivity index (χ0) is 23.3. The average Bonchev–Trinajstić information content (AvgIpc) is 3.31. The number of hydrogen-bond donors (Lipinski definition) is 1. The fourth-order valence-corrected chi connectivity index (χ4v) is 5.69. The standard InChI is InChI=1S/C28H38N2O3/c1-21-18-22(2)20-30(19-21)16-17-33-26-12-8-24(9-13-26)29-27(31)28(14-4-5-15-28)23-6-10-25(32-3)11-7-23/h6-13,21-22H,4-5,14-20H2,1-3H3,(H,29,31)/t21-,22-/m1/s1. The van der Waals surface area contributed by atoms with E-state index in [4.69, 9.17) is 9.47 Å². The maximum absolute atomic E-state index is 13.4. The van der Waals surface area contributed by atoms with Crippen LogP contribution in [0.2, 0.25) is 0 Å². The Morgan fingerprint density at radius 1 is 0.970 bits per heavy atom. The Balaban J connectivity index is 1.33. The van der Waals surface area contributed by atoms with E-state index in [2.05, 4.69) is 24.1 Å². The predicted molar refractivity (Wildman–Crippen MR) is 133 cm³/mol. The van der Waals surface area contributed by atoms with Crippen LogP contribution in [0, 0.1) is 11.8 Å². The predicted octanol–water partition coefficient (Wildman–Crippen LogP) is 5.50. The Bertz CT molecular complexity index is 894. The molecular formula is C28H38N2O3. The number of carbonyl (C=O) groups is 1. The molecule has 1 saturated heterocycles. The van der Waals surface area contributed by atoms with E-state index in [0.717, 1.165) is 79.9 Å². The molecule has 2 atom stereocenters. The number of carbonyl (C=O) groups excluding carboxylic acids is 1. The molecule has 5 heteroatoms. The van der Waals surface area contributed by atoms with Gasteiger partial charge in [-0.25, -0.2) is 0 Å². The number of anilines is 1. The van der Waals surface area contributed by atoms with Crippen LogP contribution in [0.5, 0.6) is 11.5 Å². The molecule has 1 saturated carbocycles. The van der Waals surface area contributed by atoms with E-state index in [1.165, 1.54) is 6.42 Å². The third-order valence-corrected chi connectivity index (χ3v) is 7.27. The molecule has 0 bridgehead atoms. The number of amides is 1. The molecule has 0 unspecified atom stereocenters. The molecule has 2 aromatic carbocycles. The van der Waals surface area contributed by atoms with Crippen molar-refractivity contribution in [1.82, 2.24) is 4.90 Å². The minimum atomic E-state index is -0.468. The van der Waals surface area contributed by atoms with Gasteiger partial charge in [-0.1, -0.05) is 38.8 Å². The maximum atomic E-state index is 13.4. The van der Waals surface area contributed by atoms with Crippen molar-refractivity contribution >= 4 is 11.6 Å². The van der Waals surface area contributed by atoms with Gasteiger partial charge in [0, 0.05) is 25.3 Å². The summed E-state index contributed by atoms with van der Waals surface area (Å²) in [7, 11) is 1.66. The van der Waals surface area contributed by atoms with Crippen LogP contribution in [0.25, 0.3) is 0 Å². The highest BCUT2D eigenvalue weighted by molar-refractivity contribution is 5.99. The van der Waals surface area contributed by atoms with Crippen LogP contribution >= 0.6 is 0 Å². The molecular weight excluding hydrogens is 412 g/mol. The first-order valence-corrected chi connectivity index (χ1v) is 12.4. The van der Waals surface area contributed by atoms with Gasteiger partial charge in [-0.05, 0) is 73.1 Å². The molecule has 2 aromatic rings. The second-order valence-electron chi connectivity index (χ2n) is 10.1. The van der Waals surface area contributed by atoms with Crippen LogP contribution < -0.4 is 14.8 Å². The molecule has 1 aliphatic carbocycles. The van der Waals surface area contributed by atoms with E-state index in [1.807, 2.05) is 48.5 Å². The number of rotatable bonds is 8. The summed E-state index contributed by atoms with van der Waals surface area (Å²) in [5, 5.41) is 3.16. The van der Waals surface area contributed by atoms with E-state index in [1.54, 1.807) is 7.11 Å². The molecule has 1 aliphatic heterocycles. The van der Waals surface area contributed by atoms with Gasteiger partial charge in [0.25, 0.3) is 0 Å². The molecule has 2 fully saturated rings. The number of ether oxygens (including phenoxy) is 2. The number of piperidine rings is 1. The fraction of sp³-hybridized carbons (Fsp3) is 0.536. The Labute approximate surface area is 198 Å². The minimum absolute atomic E-state index is 0.0761. The Morgan fingerprint density at radius 3 is 2.18 bits per heavy atom. The first-order valence-electron chi connectivity index (χ1n) is 12.4. The van der Waals surface area contributed by atoms with E-state index in [9.17, 15) is 4.79 Å². The van der Waals surface area contributed by atoms with Crippen LogP contribution in [0.1, 0.15) is 51.5 Å². The van der Waals surface area contributed by atoms with Gasteiger partial charge in [-0.2, -0.15) is 0 Å². The monoisotopic (exact) mass is 450 g/mol. The summed E-state index contributed by atoms with van der Waals surface area (Å²) in [6.45, 7) is 8.63. The van der Waals surface area contributed by atoms with Crippen molar-refractivity contribution < 1.29 is 14.3 Å². The van der Waals surface area contributed by atoms with Crippen molar-refractivity contribution in [3.8, 4) is 11.5 Å². The summed E-state index contributed by atoms with van der Waals surface area (Å²) in [6, 6.07) is 15.7. The highest BCUT2D eigenvalue weighted by Crippen LogP contribution is 2.42. The van der Waals surface area contributed by atoms with Crippen molar-refractivity contribution in [3.63, 3.8) is 0 Å². The normalized spacial score (nSPS) is 22.6. The first-order chi connectivity index (χ1) is 16.0.